The number of pyridine rings is 1. The number of rotatable bonds is 3. The van der Waals surface area contributed by atoms with Crippen molar-refractivity contribution in [1.29, 1.82) is 5.26 Å². The first kappa shape index (κ1) is 12.4. The van der Waals surface area contributed by atoms with E-state index in [-0.39, 0.29) is 12.0 Å². The second-order valence-corrected chi connectivity index (χ2v) is 4.58. The van der Waals surface area contributed by atoms with Crippen molar-refractivity contribution in [2.24, 2.45) is 5.92 Å². The predicted octanol–water partition coefficient (Wildman–Crippen LogP) is 2.01. The van der Waals surface area contributed by atoms with Crippen LogP contribution in [0.15, 0.2) is 18.3 Å². The zero-order chi connectivity index (χ0) is 13.0. The Bertz CT molecular complexity index is 481. The molecule has 2 N–H and O–H groups in total. The van der Waals surface area contributed by atoms with Gasteiger partial charge in [-0.1, -0.05) is 6.42 Å². The van der Waals surface area contributed by atoms with Gasteiger partial charge in [0.15, 0.2) is 0 Å². The van der Waals surface area contributed by atoms with Gasteiger partial charge in [0, 0.05) is 12.2 Å². The molecule has 2 unspecified atom stereocenters. The van der Waals surface area contributed by atoms with Gasteiger partial charge in [0.1, 0.15) is 5.82 Å². The lowest BCUT2D eigenvalue weighted by atomic mass is 9.86. The molecule has 0 amide bonds. The van der Waals surface area contributed by atoms with E-state index in [1.807, 2.05) is 0 Å². The fourth-order valence-corrected chi connectivity index (χ4v) is 2.33. The largest absolute Gasteiger partial charge is 0.481 e. The van der Waals surface area contributed by atoms with Gasteiger partial charge in [-0.15, -0.1) is 0 Å². The first-order chi connectivity index (χ1) is 8.69. The minimum absolute atomic E-state index is 0.126. The molecule has 1 heterocycles. The van der Waals surface area contributed by atoms with Crippen molar-refractivity contribution in [1.82, 2.24) is 4.98 Å². The highest BCUT2D eigenvalue weighted by atomic mass is 16.4. The summed E-state index contributed by atoms with van der Waals surface area (Å²) in [5.74, 6) is -0.347. The summed E-state index contributed by atoms with van der Waals surface area (Å²) in [5.41, 5.74) is 0.554. The van der Waals surface area contributed by atoms with Crippen LogP contribution in [0.2, 0.25) is 0 Å². The summed E-state index contributed by atoms with van der Waals surface area (Å²) in [5, 5.41) is 21.0. The van der Waals surface area contributed by atoms with Gasteiger partial charge in [0.2, 0.25) is 0 Å². The Morgan fingerprint density at radius 3 is 3.11 bits per heavy atom. The van der Waals surface area contributed by atoms with Gasteiger partial charge in [-0.05, 0) is 31.4 Å². The molecule has 1 aliphatic rings. The zero-order valence-electron chi connectivity index (χ0n) is 9.97. The maximum absolute atomic E-state index is 11.0. The minimum atomic E-state index is -0.722. The highest BCUT2D eigenvalue weighted by Gasteiger charge is 2.26. The number of hydrogen-bond donors (Lipinski definition) is 2. The lowest BCUT2D eigenvalue weighted by Crippen LogP contribution is -2.31. The average Bonchev–Trinajstić information content (AvgIpc) is 2.39. The zero-order valence-corrected chi connectivity index (χ0v) is 9.97. The number of nitrogens with one attached hydrogen (secondary N) is 1. The van der Waals surface area contributed by atoms with Crippen LogP contribution in [0.1, 0.15) is 31.2 Å². The van der Waals surface area contributed by atoms with Crippen LogP contribution >= 0.6 is 0 Å². The van der Waals surface area contributed by atoms with E-state index in [9.17, 15) is 4.79 Å². The highest BCUT2D eigenvalue weighted by molar-refractivity contribution is 5.70. The summed E-state index contributed by atoms with van der Waals surface area (Å²) in [6.45, 7) is 0. The van der Waals surface area contributed by atoms with Gasteiger partial charge in [-0.25, -0.2) is 4.98 Å². The van der Waals surface area contributed by atoms with E-state index in [2.05, 4.69) is 16.4 Å². The number of nitrogens with zero attached hydrogens (tertiary/aromatic N) is 2. The van der Waals surface area contributed by atoms with E-state index in [0.717, 1.165) is 19.3 Å². The van der Waals surface area contributed by atoms with Crippen molar-refractivity contribution >= 4 is 11.8 Å². The van der Waals surface area contributed by atoms with E-state index in [0.29, 0.717) is 17.8 Å². The van der Waals surface area contributed by atoms with Gasteiger partial charge < -0.3 is 10.4 Å². The molecule has 0 radical (unpaired) electrons. The van der Waals surface area contributed by atoms with Crippen LogP contribution < -0.4 is 5.32 Å². The average molecular weight is 245 g/mol. The van der Waals surface area contributed by atoms with Crippen LogP contribution in [0.25, 0.3) is 0 Å². The van der Waals surface area contributed by atoms with E-state index in [1.54, 1.807) is 18.3 Å². The normalized spacial score (nSPS) is 23.1. The third kappa shape index (κ3) is 2.98. The van der Waals surface area contributed by atoms with Crippen LogP contribution in [0.3, 0.4) is 0 Å². The van der Waals surface area contributed by atoms with Gasteiger partial charge in [0.05, 0.1) is 17.6 Å². The van der Waals surface area contributed by atoms with Crippen LogP contribution in [-0.2, 0) is 4.79 Å². The number of carboxylic acids is 1. The second-order valence-electron chi connectivity index (χ2n) is 4.58. The van der Waals surface area contributed by atoms with Crippen LogP contribution in [0.4, 0.5) is 5.82 Å². The van der Waals surface area contributed by atoms with E-state index in [4.69, 9.17) is 10.4 Å². The molecule has 94 valence electrons. The van der Waals surface area contributed by atoms with Crippen molar-refractivity contribution in [3.63, 3.8) is 0 Å². The molecule has 1 fully saturated rings. The number of anilines is 1. The highest BCUT2D eigenvalue weighted by Crippen LogP contribution is 2.26. The van der Waals surface area contributed by atoms with Crippen molar-refractivity contribution in [3.8, 4) is 6.07 Å². The molecule has 1 aromatic heterocycles. The molecule has 5 heteroatoms. The summed E-state index contributed by atoms with van der Waals surface area (Å²) in [6.07, 6.45) is 4.81. The second kappa shape index (κ2) is 5.50. The van der Waals surface area contributed by atoms with Gasteiger partial charge >= 0.3 is 5.97 Å². The standard InChI is InChI=1S/C13H15N3O2/c14-8-9-4-5-15-12(6-9)16-11-3-1-2-10(7-11)13(17)18/h4-6,10-11H,1-3,7H2,(H,15,16)(H,17,18). The topological polar surface area (TPSA) is 86.0 Å². The number of aliphatic carboxylic acids is 1. The Morgan fingerprint density at radius 2 is 2.39 bits per heavy atom. The molecule has 0 saturated heterocycles. The first-order valence-corrected chi connectivity index (χ1v) is 6.04. The third-order valence-corrected chi connectivity index (χ3v) is 3.26. The van der Waals surface area contributed by atoms with Crippen molar-refractivity contribution < 1.29 is 9.90 Å². The van der Waals surface area contributed by atoms with Crippen molar-refractivity contribution in [3.05, 3.63) is 23.9 Å². The minimum Gasteiger partial charge on any atom is -0.481 e. The summed E-state index contributed by atoms with van der Waals surface area (Å²) in [4.78, 5) is 15.1. The molecule has 1 aliphatic carbocycles. The number of carbonyl (C=O) groups is 1. The summed E-state index contributed by atoms with van der Waals surface area (Å²) in [6, 6.07) is 5.51. The number of nitriles is 1. The van der Waals surface area contributed by atoms with Gasteiger partial charge in [-0.3, -0.25) is 4.79 Å². The Hall–Kier alpha value is -2.09. The SMILES string of the molecule is N#Cc1ccnc(NC2CCCC(C(=O)O)C2)c1. The van der Waals surface area contributed by atoms with Gasteiger partial charge in [-0.2, -0.15) is 5.26 Å². The third-order valence-electron chi connectivity index (χ3n) is 3.26. The molecule has 2 rings (SSSR count). The van der Waals surface area contributed by atoms with E-state index >= 15 is 0 Å². The molecule has 0 aliphatic heterocycles. The molecule has 18 heavy (non-hydrogen) atoms. The summed E-state index contributed by atoms with van der Waals surface area (Å²) in [7, 11) is 0. The van der Waals surface area contributed by atoms with E-state index < -0.39 is 5.97 Å². The van der Waals surface area contributed by atoms with Gasteiger partial charge in [0.25, 0.3) is 0 Å². The smallest absolute Gasteiger partial charge is 0.306 e. The van der Waals surface area contributed by atoms with Crippen molar-refractivity contribution in [2.75, 3.05) is 5.32 Å². The monoisotopic (exact) mass is 245 g/mol. The van der Waals surface area contributed by atoms with Crippen LogP contribution in [0, 0.1) is 17.2 Å². The van der Waals surface area contributed by atoms with Crippen molar-refractivity contribution in [2.45, 2.75) is 31.7 Å². The lowest BCUT2D eigenvalue weighted by molar-refractivity contribution is -0.142. The Labute approximate surface area is 105 Å². The summed E-state index contributed by atoms with van der Waals surface area (Å²) < 4.78 is 0. The number of carboxylic acid groups (broad SMARTS) is 1. The first-order valence-electron chi connectivity index (χ1n) is 6.04. The molecule has 5 nitrogen and oxygen atoms in total. The van der Waals surface area contributed by atoms with E-state index in [1.165, 1.54) is 0 Å². The molecular weight excluding hydrogens is 230 g/mol. The molecule has 2 atom stereocenters. The Balaban J connectivity index is 2.00. The maximum Gasteiger partial charge on any atom is 0.306 e. The lowest BCUT2D eigenvalue weighted by Gasteiger charge is -2.27. The number of hydrogen-bond acceptors (Lipinski definition) is 4. The Kier molecular flexibility index (Phi) is 3.78. The Morgan fingerprint density at radius 1 is 1.56 bits per heavy atom. The fraction of sp³-hybridized carbons (Fsp3) is 0.462. The fourth-order valence-electron chi connectivity index (χ4n) is 2.33. The predicted molar refractivity (Wildman–Crippen MR) is 66.0 cm³/mol. The van der Waals surface area contributed by atoms with Crippen LogP contribution in [-0.4, -0.2) is 22.1 Å². The molecule has 0 aromatic carbocycles. The molecule has 0 bridgehead atoms. The number of aromatic nitrogens is 1. The molecule has 1 saturated carbocycles. The maximum atomic E-state index is 11.0. The summed E-state index contributed by atoms with van der Waals surface area (Å²) >= 11 is 0. The quantitative estimate of drug-likeness (QED) is 0.850. The molecule has 1 aromatic rings. The molecule has 0 spiro atoms. The van der Waals surface area contributed by atoms with Crippen LogP contribution in [0.5, 0.6) is 0 Å². The molecular formula is C13H15N3O2.